The summed E-state index contributed by atoms with van der Waals surface area (Å²) < 4.78 is 0. The van der Waals surface area contributed by atoms with Crippen molar-refractivity contribution in [3.63, 3.8) is 0 Å². The third-order valence-electron chi connectivity index (χ3n) is 7.24. The van der Waals surface area contributed by atoms with Crippen molar-refractivity contribution in [1.82, 2.24) is 4.98 Å². The normalized spacial score (nSPS) is 18.3. The predicted octanol–water partition coefficient (Wildman–Crippen LogP) is 4.37. The fourth-order valence-electron chi connectivity index (χ4n) is 5.29. The SMILES string of the molecule is Cc1cc2ccccc2c(Nc2ccc(CC(Nc3c(N4C(C)CC[C@@H]4C)c(=O)c3=O)C(=O)O)cc2)n1. The van der Waals surface area contributed by atoms with Gasteiger partial charge in [-0.05, 0) is 62.8 Å². The molecule has 190 valence electrons. The number of fused-ring (bicyclic) bond motifs is 1. The second kappa shape index (κ2) is 9.69. The Labute approximate surface area is 214 Å². The maximum Gasteiger partial charge on any atom is 0.326 e. The molecule has 1 aromatic heterocycles. The zero-order chi connectivity index (χ0) is 26.3. The topological polar surface area (TPSA) is 112 Å². The van der Waals surface area contributed by atoms with Gasteiger partial charge in [0.25, 0.3) is 10.9 Å². The lowest BCUT2D eigenvalue weighted by atomic mass is 10.0. The van der Waals surface area contributed by atoms with Crippen LogP contribution in [-0.2, 0) is 11.2 Å². The molecule has 2 unspecified atom stereocenters. The molecule has 2 heterocycles. The first kappa shape index (κ1) is 24.5. The van der Waals surface area contributed by atoms with Crippen LogP contribution in [0.15, 0.2) is 64.2 Å². The molecule has 0 spiro atoms. The summed E-state index contributed by atoms with van der Waals surface area (Å²) in [5, 5.41) is 18.2. The number of aliphatic carboxylic acids is 1. The molecule has 3 aromatic carbocycles. The van der Waals surface area contributed by atoms with Crippen molar-refractivity contribution in [3.05, 3.63) is 86.3 Å². The lowest BCUT2D eigenvalue weighted by Gasteiger charge is -2.32. The number of pyridine rings is 1. The van der Waals surface area contributed by atoms with E-state index in [9.17, 15) is 19.5 Å². The largest absolute Gasteiger partial charge is 0.480 e. The molecule has 1 saturated heterocycles. The minimum Gasteiger partial charge on any atom is -0.480 e. The fourth-order valence-corrected chi connectivity index (χ4v) is 5.29. The highest BCUT2D eigenvalue weighted by Crippen LogP contribution is 2.33. The fraction of sp³-hybridized carbons (Fsp3) is 0.310. The van der Waals surface area contributed by atoms with Gasteiger partial charge in [0.1, 0.15) is 23.2 Å². The number of carboxylic acid groups (broad SMARTS) is 1. The van der Waals surface area contributed by atoms with Gasteiger partial charge in [0.2, 0.25) is 0 Å². The first-order valence-electron chi connectivity index (χ1n) is 12.6. The molecule has 4 aromatic rings. The van der Waals surface area contributed by atoms with Gasteiger partial charge < -0.3 is 20.6 Å². The zero-order valence-corrected chi connectivity index (χ0v) is 21.1. The molecule has 3 atom stereocenters. The van der Waals surface area contributed by atoms with Crippen molar-refractivity contribution < 1.29 is 9.90 Å². The van der Waals surface area contributed by atoms with Gasteiger partial charge in [-0.1, -0.05) is 36.4 Å². The molecule has 0 saturated carbocycles. The average molecular weight is 499 g/mol. The Morgan fingerprint density at radius 2 is 1.73 bits per heavy atom. The Kier molecular flexibility index (Phi) is 6.41. The summed E-state index contributed by atoms with van der Waals surface area (Å²) in [5.41, 5.74) is 1.78. The van der Waals surface area contributed by atoms with Crippen molar-refractivity contribution in [2.45, 2.75) is 58.2 Å². The van der Waals surface area contributed by atoms with Crippen LogP contribution in [0.5, 0.6) is 0 Å². The number of hydrogen-bond acceptors (Lipinski definition) is 7. The second-order valence-corrected chi connectivity index (χ2v) is 9.96. The molecule has 0 bridgehead atoms. The van der Waals surface area contributed by atoms with Gasteiger partial charge >= 0.3 is 5.97 Å². The highest BCUT2D eigenvalue weighted by Gasteiger charge is 2.36. The Balaban J connectivity index is 1.33. The highest BCUT2D eigenvalue weighted by molar-refractivity contribution is 5.93. The highest BCUT2D eigenvalue weighted by atomic mass is 16.4. The number of nitrogens with zero attached hydrogens (tertiary/aromatic N) is 2. The van der Waals surface area contributed by atoms with Gasteiger partial charge in [-0.2, -0.15) is 0 Å². The van der Waals surface area contributed by atoms with E-state index in [2.05, 4.69) is 15.6 Å². The van der Waals surface area contributed by atoms with Crippen molar-refractivity contribution in [3.8, 4) is 0 Å². The second-order valence-electron chi connectivity index (χ2n) is 9.96. The lowest BCUT2D eigenvalue weighted by Crippen LogP contribution is -2.48. The van der Waals surface area contributed by atoms with E-state index in [1.807, 2.05) is 80.3 Å². The smallest absolute Gasteiger partial charge is 0.326 e. The summed E-state index contributed by atoms with van der Waals surface area (Å²) in [7, 11) is 0. The maximum atomic E-state index is 12.4. The Morgan fingerprint density at radius 1 is 1.05 bits per heavy atom. The van der Waals surface area contributed by atoms with Crippen LogP contribution in [0.4, 0.5) is 22.9 Å². The van der Waals surface area contributed by atoms with Crippen LogP contribution in [0.2, 0.25) is 0 Å². The summed E-state index contributed by atoms with van der Waals surface area (Å²) in [6.07, 6.45) is 2.01. The van der Waals surface area contributed by atoms with Crippen LogP contribution in [0.25, 0.3) is 10.8 Å². The first-order valence-corrected chi connectivity index (χ1v) is 12.6. The van der Waals surface area contributed by atoms with E-state index in [1.54, 1.807) is 0 Å². The molecule has 1 aliphatic rings. The summed E-state index contributed by atoms with van der Waals surface area (Å²) in [5.74, 6) is -0.328. The molecule has 8 heteroatoms. The number of anilines is 4. The molecule has 1 fully saturated rings. The standard InChI is InChI=1S/C29H30N4O4/c1-16-14-20-6-4-5-7-22(20)28(30-16)31-21-12-10-19(11-13-21)15-23(29(36)37)32-24-25(27(35)26(24)34)33-17(2)8-9-18(33)3/h4-7,10-14,17-18,23,32H,8-9,15H2,1-3H3,(H,30,31)(H,36,37)/t17-,18?,23?/m0/s1. The van der Waals surface area contributed by atoms with Crippen LogP contribution < -0.4 is 26.4 Å². The maximum absolute atomic E-state index is 12.4. The van der Waals surface area contributed by atoms with Gasteiger partial charge in [0, 0.05) is 35.3 Å². The van der Waals surface area contributed by atoms with Gasteiger partial charge in [-0.15, -0.1) is 0 Å². The van der Waals surface area contributed by atoms with E-state index in [0.29, 0.717) is 5.69 Å². The average Bonchev–Trinajstić information content (AvgIpc) is 3.20. The molecule has 1 aliphatic heterocycles. The first-order chi connectivity index (χ1) is 17.7. The van der Waals surface area contributed by atoms with Crippen LogP contribution in [0.1, 0.15) is 37.9 Å². The number of carboxylic acids is 1. The lowest BCUT2D eigenvalue weighted by molar-refractivity contribution is -0.137. The molecule has 5 rings (SSSR count). The number of hydrogen-bond donors (Lipinski definition) is 3. The van der Waals surface area contributed by atoms with Crippen LogP contribution >= 0.6 is 0 Å². The predicted molar refractivity (Wildman–Crippen MR) is 147 cm³/mol. The van der Waals surface area contributed by atoms with Gasteiger partial charge in [-0.3, -0.25) is 9.59 Å². The van der Waals surface area contributed by atoms with Gasteiger partial charge in [0.05, 0.1) is 0 Å². The van der Waals surface area contributed by atoms with Crippen LogP contribution in [0, 0.1) is 6.92 Å². The minimum absolute atomic E-state index is 0.119. The van der Waals surface area contributed by atoms with E-state index in [-0.39, 0.29) is 24.2 Å². The van der Waals surface area contributed by atoms with Crippen LogP contribution in [-0.4, -0.2) is 34.2 Å². The van der Waals surface area contributed by atoms with Crippen molar-refractivity contribution >= 4 is 39.6 Å². The third-order valence-corrected chi connectivity index (χ3v) is 7.24. The van der Waals surface area contributed by atoms with Gasteiger partial charge in [0.15, 0.2) is 0 Å². The quantitative estimate of drug-likeness (QED) is 0.307. The van der Waals surface area contributed by atoms with Crippen LogP contribution in [0.3, 0.4) is 0 Å². The van der Waals surface area contributed by atoms with E-state index in [0.717, 1.165) is 46.4 Å². The monoisotopic (exact) mass is 498 g/mol. The zero-order valence-electron chi connectivity index (χ0n) is 21.1. The van der Waals surface area contributed by atoms with Crippen molar-refractivity contribution in [1.29, 1.82) is 0 Å². The number of benzene rings is 2. The summed E-state index contributed by atoms with van der Waals surface area (Å²) >= 11 is 0. The van der Waals surface area contributed by atoms with Crippen molar-refractivity contribution in [2.24, 2.45) is 0 Å². The van der Waals surface area contributed by atoms with Gasteiger partial charge in [-0.25, -0.2) is 9.78 Å². The number of carbonyl (C=O) groups is 1. The van der Waals surface area contributed by atoms with E-state index < -0.39 is 22.9 Å². The Hall–Kier alpha value is -4.20. The molecule has 0 aliphatic carbocycles. The van der Waals surface area contributed by atoms with Crippen molar-refractivity contribution in [2.75, 3.05) is 15.5 Å². The summed E-state index contributed by atoms with van der Waals surface area (Å²) in [6.45, 7) is 5.99. The summed E-state index contributed by atoms with van der Waals surface area (Å²) in [4.78, 5) is 43.4. The minimum atomic E-state index is -1.08. The molecule has 3 N–H and O–H groups in total. The molecular weight excluding hydrogens is 468 g/mol. The Morgan fingerprint density at radius 3 is 2.41 bits per heavy atom. The molecular formula is C29H30N4O4. The van der Waals surface area contributed by atoms with E-state index in [4.69, 9.17) is 0 Å². The number of nitrogens with one attached hydrogen (secondary N) is 2. The third kappa shape index (κ3) is 4.67. The van der Waals surface area contributed by atoms with E-state index >= 15 is 0 Å². The summed E-state index contributed by atoms with van der Waals surface area (Å²) in [6, 6.07) is 16.7. The Bertz CT molecular complexity index is 1530. The molecule has 0 radical (unpaired) electrons. The number of aromatic nitrogens is 1. The number of rotatable bonds is 8. The molecule has 8 nitrogen and oxygen atoms in total. The molecule has 37 heavy (non-hydrogen) atoms. The van der Waals surface area contributed by atoms with E-state index in [1.165, 1.54) is 0 Å². The molecule has 0 amide bonds. The number of aryl methyl sites for hydroxylation is 1.